The minimum Gasteiger partial charge on any atom is -0.339 e. The molecule has 1 fully saturated rings. The number of nitrogens with one attached hydrogen (secondary N) is 2. The summed E-state index contributed by atoms with van der Waals surface area (Å²) in [6, 6.07) is 17.8. The molecular weight excluding hydrogens is 388 g/mol. The third-order valence-electron chi connectivity index (χ3n) is 5.77. The fraction of sp³-hybridized carbons (Fsp3) is 0.360. The third-order valence-corrected chi connectivity index (χ3v) is 5.77. The van der Waals surface area contributed by atoms with E-state index in [0.717, 1.165) is 38.9 Å². The first-order valence-corrected chi connectivity index (χ1v) is 10.9. The van der Waals surface area contributed by atoms with Crippen LogP contribution in [0.4, 0.5) is 10.5 Å². The molecule has 2 aromatic carbocycles. The highest BCUT2D eigenvalue weighted by Crippen LogP contribution is 2.19. The van der Waals surface area contributed by atoms with Crippen molar-refractivity contribution in [2.75, 3.05) is 38.5 Å². The Morgan fingerprint density at radius 3 is 2.42 bits per heavy atom. The molecule has 1 aliphatic heterocycles. The quantitative estimate of drug-likeness (QED) is 0.639. The number of nitrogens with zero attached hydrogens (tertiary/aromatic N) is 2. The maximum Gasteiger partial charge on any atom is 0.319 e. The van der Waals surface area contributed by atoms with Crippen molar-refractivity contribution in [2.24, 2.45) is 0 Å². The van der Waals surface area contributed by atoms with Gasteiger partial charge in [0.15, 0.2) is 0 Å². The van der Waals surface area contributed by atoms with E-state index in [9.17, 15) is 9.59 Å². The lowest BCUT2D eigenvalue weighted by molar-refractivity contribution is 0.0647. The summed E-state index contributed by atoms with van der Waals surface area (Å²) >= 11 is 0. The molecule has 1 heterocycles. The van der Waals surface area contributed by atoms with Gasteiger partial charge in [-0.2, -0.15) is 0 Å². The third kappa shape index (κ3) is 6.69. The summed E-state index contributed by atoms with van der Waals surface area (Å²) in [5.41, 5.74) is 2.66. The maximum atomic E-state index is 12.9. The minimum absolute atomic E-state index is 0.0491. The molecule has 0 radical (unpaired) electrons. The summed E-state index contributed by atoms with van der Waals surface area (Å²) in [6.07, 6.45) is 4.63. The van der Waals surface area contributed by atoms with Gasteiger partial charge in [0.25, 0.3) is 5.91 Å². The first-order chi connectivity index (χ1) is 15.1. The smallest absolute Gasteiger partial charge is 0.319 e. The molecule has 2 aromatic rings. The molecule has 3 rings (SSSR count). The lowest BCUT2D eigenvalue weighted by atomic mass is 10.0. The average molecular weight is 421 g/mol. The zero-order chi connectivity index (χ0) is 22.1. The summed E-state index contributed by atoms with van der Waals surface area (Å²) in [6.45, 7) is 6.53. The molecule has 31 heavy (non-hydrogen) atoms. The Kier molecular flexibility index (Phi) is 8.24. The number of anilines is 1. The number of piperidine rings is 1. The topological polar surface area (TPSA) is 64.7 Å². The van der Waals surface area contributed by atoms with Crippen molar-refractivity contribution in [3.63, 3.8) is 0 Å². The second-order valence-corrected chi connectivity index (χ2v) is 7.94. The number of hydrogen-bond donors (Lipinski definition) is 2. The van der Waals surface area contributed by atoms with Crippen LogP contribution in [0, 0.1) is 0 Å². The number of benzene rings is 2. The number of likely N-dealkylation sites (tertiary alicyclic amines) is 1. The van der Waals surface area contributed by atoms with Gasteiger partial charge in [0.1, 0.15) is 0 Å². The number of carbonyl (C=O) groups excluding carboxylic acids is 2. The van der Waals surface area contributed by atoms with E-state index in [-0.39, 0.29) is 11.9 Å². The van der Waals surface area contributed by atoms with Gasteiger partial charge >= 0.3 is 6.03 Å². The number of urea groups is 1. The van der Waals surface area contributed by atoms with E-state index < -0.39 is 0 Å². The van der Waals surface area contributed by atoms with Gasteiger partial charge < -0.3 is 20.4 Å². The van der Waals surface area contributed by atoms with Crippen LogP contribution < -0.4 is 10.6 Å². The van der Waals surface area contributed by atoms with Crippen LogP contribution in [0.3, 0.4) is 0 Å². The maximum absolute atomic E-state index is 12.9. The van der Waals surface area contributed by atoms with Crippen LogP contribution in [-0.2, 0) is 6.42 Å². The van der Waals surface area contributed by atoms with E-state index in [1.165, 1.54) is 5.56 Å². The van der Waals surface area contributed by atoms with E-state index >= 15 is 0 Å². The van der Waals surface area contributed by atoms with E-state index in [2.05, 4.69) is 53.4 Å². The fourth-order valence-corrected chi connectivity index (χ4v) is 3.86. The molecular formula is C25H32N4O2. The first kappa shape index (κ1) is 22.6. The van der Waals surface area contributed by atoms with E-state index in [4.69, 9.17) is 0 Å². The SMILES string of the molecule is C=CCNC(=O)Nc1ccc(C(=O)N2CCC(N(C)CCc3ccccc3)CC2)cc1. The van der Waals surface area contributed by atoms with Gasteiger partial charge in [-0.3, -0.25) is 4.79 Å². The normalized spacial score (nSPS) is 14.3. The molecule has 1 aliphatic rings. The van der Waals surface area contributed by atoms with Gasteiger partial charge in [-0.05, 0) is 56.1 Å². The number of carbonyl (C=O) groups is 2. The molecule has 6 heteroatoms. The Morgan fingerprint density at radius 1 is 1.10 bits per heavy atom. The van der Waals surface area contributed by atoms with Crippen LogP contribution in [0.5, 0.6) is 0 Å². The van der Waals surface area contributed by atoms with Crippen LogP contribution in [0.25, 0.3) is 0 Å². The molecule has 1 saturated heterocycles. The van der Waals surface area contributed by atoms with Crippen molar-refractivity contribution in [1.29, 1.82) is 0 Å². The summed E-state index contributed by atoms with van der Waals surface area (Å²) in [5, 5.41) is 5.39. The molecule has 2 N–H and O–H groups in total. The van der Waals surface area contributed by atoms with Crippen molar-refractivity contribution >= 4 is 17.6 Å². The van der Waals surface area contributed by atoms with Gasteiger partial charge in [0, 0.05) is 43.5 Å². The standard InChI is InChI=1S/C25H32N4O2/c1-3-16-26-25(31)27-22-11-9-21(10-12-22)24(30)29-18-14-23(15-19-29)28(2)17-13-20-7-5-4-6-8-20/h3-12,23H,1,13-19H2,2H3,(H2,26,27,31). The lowest BCUT2D eigenvalue weighted by Gasteiger charge is -2.37. The van der Waals surface area contributed by atoms with Gasteiger partial charge in [-0.15, -0.1) is 6.58 Å². The Bertz CT molecular complexity index is 859. The highest BCUT2D eigenvalue weighted by Gasteiger charge is 2.25. The minimum atomic E-state index is -0.294. The molecule has 0 atom stereocenters. The molecule has 0 aliphatic carbocycles. The van der Waals surface area contributed by atoms with Crippen molar-refractivity contribution in [3.8, 4) is 0 Å². The summed E-state index contributed by atoms with van der Waals surface area (Å²) in [5.74, 6) is 0.0491. The van der Waals surface area contributed by atoms with Crippen molar-refractivity contribution in [1.82, 2.24) is 15.1 Å². The van der Waals surface area contributed by atoms with Crippen LogP contribution in [0.15, 0.2) is 67.3 Å². The summed E-state index contributed by atoms with van der Waals surface area (Å²) in [7, 11) is 2.18. The monoisotopic (exact) mass is 420 g/mol. The Balaban J connectivity index is 1.45. The second-order valence-electron chi connectivity index (χ2n) is 7.94. The number of amides is 3. The van der Waals surface area contributed by atoms with Gasteiger partial charge in [0.2, 0.25) is 0 Å². The highest BCUT2D eigenvalue weighted by atomic mass is 16.2. The summed E-state index contributed by atoms with van der Waals surface area (Å²) in [4.78, 5) is 28.9. The number of likely N-dealkylation sites (N-methyl/N-ethyl adjacent to an activating group) is 1. The molecule has 164 valence electrons. The van der Waals surface area contributed by atoms with Gasteiger partial charge in [0.05, 0.1) is 0 Å². The fourth-order valence-electron chi connectivity index (χ4n) is 3.86. The van der Waals surface area contributed by atoms with E-state index in [1.807, 2.05) is 11.0 Å². The Labute approximate surface area is 184 Å². The van der Waals surface area contributed by atoms with Crippen molar-refractivity contribution in [2.45, 2.75) is 25.3 Å². The van der Waals surface area contributed by atoms with Crippen molar-refractivity contribution < 1.29 is 9.59 Å². The molecule has 0 bridgehead atoms. The van der Waals surface area contributed by atoms with E-state index in [0.29, 0.717) is 23.8 Å². The predicted molar refractivity (Wildman–Crippen MR) is 125 cm³/mol. The van der Waals surface area contributed by atoms with E-state index in [1.54, 1.807) is 30.3 Å². The Hall–Kier alpha value is -3.12. The Morgan fingerprint density at radius 2 is 1.77 bits per heavy atom. The average Bonchev–Trinajstić information content (AvgIpc) is 2.82. The van der Waals surface area contributed by atoms with Crippen LogP contribution in [0.2, 0.25) is 0 Å². The predicted octanol–water partition coefficient (Wildman–Crippen LogP) is 3.77. The van der Waals surface area contributed by atoms with Crippen LogP contribution in [-0.4, -0.2) is 61.0 Å². The lowest BCUT2D eigenvalue weighted by Crippen LogP contribution is -2.46. The molecule has 3 amide bonds. The molecule has 0 spiro atoms. The molecule has 6 nitrogen and oxygen atoms in total. The second kappa shape index (κ2) is 11.3. The molecule has 0 unspecified atom stereocenters. The zero-order valence-electron chi connectivity index (χ0n) is 18.2. The van der Waals surface area contributed by atoms with Gasteiger partial charge in [-0.25, -0.2) is 4.79 Å². The molecule has 0 saturated carbocycles. The van der Waals surface area contributed by atoms with Crippen LogP contribution in [0.1, 0.15) is 28.8 Å². The van der Waals surface area contributed by atoms with Crippen molar-refractivity contribution in [3.05, 3.63) is 78.4 Å². The highest BCUT2D eigenvalue weighted by molar-refractivity contribution is 5.95. The summed E-state index contributed by atoms with van der Waals surface area (Å²) < 4.78 is 0. The largest absolute Gasteiger partial charge is 0.339 e. The first-order valence-electron chi connectivity index (χ1n) is 10.9. The molecule has 0 aromatic heterocycles. The number of hydrogen-bond acceptors (Lipinski definition) is 3. The number of rotatable bonds is 8. The zero-order valence-corrected chi connectivity index (χ0v) is 18.2. The van der Waals surface area contributed by atoms with Crippen LogP contribution >= 0.6 is 0 Å². The van der Waals surface area contributed by atoms with Gasteiger partial charge in [-0.1, -0.05) is 36.4 Å².